The zero-order valence-corrected chi connectivity index (χ0v) is 15.4. The Bertz CT molecular complexity index is 566. The van der Waals surface area contributed by atoms with Gasteiger partial charge < -0.3 is 4.90 Å². The maximum atomic E-state index is 4.30. The van der Waals surface area contributed by atoms with Crippen molar-refractivity contribution in [1.82, 2.24) is 0 Å². The van der Waals surface area contributed by atoms with E-state index in [1.807, 2.05) is 0 Å². The zero-order valence-electron chi connectivity index (χ0n) is 12.5. The second kappa shape index (κ2) is 7.45. The molecule has 0 bridgehead atoms. The van der Waals surface area contributed by atoms with Crippen molar-refractivity contribution in [2.75, 3.05) is 31.7 Å². The fourth-order valence-corrected chi connectivity index (χ4v) is 3.20. The summed E-state index contributed by atoms with van der Waals surface area (Å²) in [6.45, 7) is 6.87. The summed E-state index contributed by atoms with van der Waals surface area (Å²) >= 11 is 0. The number of rotatable bonds is 3. The fourth-order valence-electron chi connectivity index (χ4n) is 3.20. The van der Waals surface area contributed by atoms with Crippen LogP contribution in [0.15, 0.2) is 26.5 Å². The third-order valence-corrected chi connectivity index (χ3v) is 4.07. The van der Waals surface area contributed by atoms with Gasteiger partial charge in [-0.3, -0.25) is 0 Å². The van der Waals surface area contributed by atoms with Gasteiger partial charge in [0.25, 0.3) is 0 Å². The zero-order chi connectivity index (χ0) is 13.9. The molecule has 21 heavy (non-hydrogen) atoms. The number of anilines is 1. The first-order valence-corrected chi connectivity index (χ1v) is 7.20. The van der Waals surface area contributed by atoms with Crippen molar-refractivity contribution in [2.24, 2.45) is 20.5 Å². The molecule has 6 heteroatoms. The molecule has 2 heterocycles. The van der Waals surface area contributed by atoms with Crippen molar-refractivity contribution in [1.29, 1.82) is 0 Å². The summed E-state index contributed by atoms with van der Waals surface area (Å²) in [6, 6.07) is 2.16. The molecule has 1 radical (unpaired) electrons. The first-order valence-electron chi connectivity index (χ1n) is 7.20. The summed E-state index contributed by atoms with van der Waals surface area (Å²) in [5.41, 5.74) is 6.14. The molecule has 0 atom stereocenters. The third-order valence-electron chi connectivity index (χ3n) is 4.07. The average Bonchev–Trinajstić information content (AvgIpc) is 2.48. The Morgan fingerprint density at radius 2 is 1.95 bits per heavy atom. The molecule has 3 rings (SSSR count). The molecular formula is C15H20N5Y-. The molecular weight excluding hydrogens is 339 g/mol. The van der Waals surface area contributed by atoms with Crippen LogP contribution >= 0.6 is 0 Å². The molecule has 0 fully saturated rings. The summed E-state index contributed by atoms with van der Waals surface area (Å²) in [4.78, 5) is 2.51. The van der Waals surface area contributed by atoms with Gasteiger partial charge in [0, 0.05) is 52.8 Å². The van der Waals surface area contributed by atoms with Crippen LogP contribution in [0.5, 0.6) is 0 Å². The Morgan fingerprint density at radius 3 is 2.71 bits per heavy atom. The van der Waals surface area contributed by atoms with Crippen molar-refractivity contribution in [3.63, 3.8) is 0 Å². The molecule has 0 saturated heterocycles. The minimum Gasteiger partial charge on any atom is -0.381 e. The van der Waals surface area contributed by atoms with E-state index in [1.165, 1.54) is 42.7 Å². The third kappa shape index (κ3) is 3.34. The first-order chi connectivity index (χ1) is 9.81. The van der Waals surface area contributed by atoms with E-state index in [1.54, 1.807) is 7.05 Å². The van der Waals surface area contributed by atoms with Gasteiger partial charge in [-0.25, -0.2) is 5.11 Å². The van der Waals surface area contributed by atoms with Gasteiger partial charge in [-0.05, 0) is 36.2 Å². The van der Waals surface area contributed by atoms with Crippen molar-refractivity contribution in [3.05, 3.63) is 29.7 Å². The topological polar surface area (TPSA) is 52.7 Å². The molecule has 2 aliphatic heterocycles. The van der Waals surface area contributed by atoms with Gasteiger partial charge in [0.05, 0.1) is 0 Å². The molecule has 109 valence electrons. The SMILES string of the molecule is [CH2-]c1c(N=NCN=NC)cc2c3c1CCCN3CCC2.[Y]. The van der Waals surface area contributed by atoms with Crippen LogP contribution in [-0.4, -0.2) is 26.8 Å². The molecule has 0 aromatic heterocycles. The number of nitrogens with zero attached hydrogens (tertiary/aromatic N) is 5. The quantitative estimate of drug-likeness (QED) is 0.600. The van der Waals surface area contributed by atoms with Gasteiger partial charge in [0.15, 0.2) is 6.67 Å². The van der Waals surface area contributed by atoms with Crippen molar-refractivity contribution in [2.45, 2.75) is 25.7 Å². The minimum atomic E-state index is 0. The van der Waals surface area contributed by atoms with E-state index in [-0.39, 0.29) is 39.4 Å². The number of benzene rings is 1. The molecule has 0 spiro atoms. The average molecular weight is 359 g/mol. The Balaban J connectivity index is 0.00000161. The molecule has 0 amide bonds. The summed E-state index contributed by atoms with van der Waals surface area (Å²) in [6.07, 6.45) is 4.68. The van der Waals surface area contributed by atoms with Crippen LogP contribution in [0.25, 0.3) is 0 Å². The van der Waals surface area contributed by atoms with Gasteiger partial charge in [0.1, 0.15) is 0 Å². The number of aryl methyl sites for hydroxylation is 1. The maximum absolute atomic E-state index is 4.30. The minimum absolute atomic E-state index is 0. The molecule has 0 N–H and O–H groups in total. The summed E-state index contributed by atoms with van der Waals surface area (Å²) in [5.74, 6) is 0. The fraction of sp³-hybridized carbons (Fsp3) is 0.533. The van der Waals surface area contributed by atoms with Crippen LogP contribution in [0.4, 0.5) is 11.4 Å². The van der Waals surface area contributed by atoms with Crippen molar-refractivity contribution < 1.29 is 32.7 Å². The van der Waals surface area contributed by atoms with Crippen molar-refractivity contribution >= 4 is 11.4 Å². The van der Waals surface area contributed by atoms with E-state index in [2.05, 4.69) is 38.3 Å². The number of azo groups is 2. The summed E-state index contributed by atoms with van der Waals surface area (Å²) < 4.78 is 0. The van der Waals surface area contributed by atoms with E-state index < -0.39 is 0 Å². The Hall–Kier alpha value is -0.806. The molecule has 0 unspecified atom stereocenters. The second-order valence-corrected chi connectivity index (χ2v) is 5.28. The molecule has 1 aromatic rings. The Kier molecular flexibility index (Phi) is 5.88. The molecule has 5 nitrogen and oxygen atoms in total. The van der Waals surface area contributed by atoms with E-state index in [0.717, 1.165) is 24.1 Å². The van der Waals surface area contributed by atoms with Crippen LogP contribution in [0.3, 0.4) is 0 Å². The Morgan fingerprint density at radius 1 is 1.19 bits per heavy atom. The van der Waals surface area contributed by atoms with Crippen LogP contribution in [-0.2, 0) is 45.6 Å². The van der Waals surface area contributed by atoms with E-state index >= 15 is 0 Å². The summed E-state index contributed by atoms with van der Waals surface area (Å²) in [5, 5.41) is 15.8. The second-order valence-electron chi connectivity index (χ2n) is 5.28. The predicted octanol–water partition coefficient (Wildman–Crippen LogP) is 3.69. The number of hydrogen-bond donors (Lipinski definition) is 0. The Labute approximate surface area is 151 Å². The smallest absolute Gasteiger partial charge is 0.170 e. The van der Waals surface area contributed by atoms with Crippen LogP contribution < -0.4 is 4.90 Å². The van der Waals surface area contributed by atoms with Gasteiger partial charge >= 0.3 is 0 Å². The largest absolute Gasteiger partial charge is 0.381 e. The summed E-state index contributed by atoms with van der Waals surface area (Å²) in [7, 11) is 1.64. The molecule has 0 aliphatic carbocycles. The maximum Gasteiger partial charge on any atom is 0.170 e. The molecule has 2 aliphatic rings. The van der Waals surface area contributed by atoms with Crippen LogP contribution in [0, 0.1) is 6.92 Å². The van der Waals surface area contributed by atoms with E-state index in [0.29, 0.717) is 0 Å². The monoisotopic (exact) mass is 359 g/mol. The van der Waals surface area contributed by atoms with Crippen LogP contribution in [0.1, 0.15) is 29.5 Å². The van der Waals surface area contributed by atoms with E-state index in [9.17, 15) is 0 Å². The van der Waals surface area contributed by atoms with Gasteiger partial charge in [-0.2, -0.15) is 27.8 Å². The van der Waals surface area contributed by atoms with Crippen LogP contribution in [0.2, 0.25) is 0 Å². The first kappa shape index (κ1) is 16.6. The number of hydrogen-bond acceptors (Lipinski definition) is 5. The molecule has 1 aromatic carbocycles. The van der Waals surface area contributed by atoms with Crippen molar-refractivity contribution in [3.8, 4) is 0 Å². The van der Waals surface area contributed by atoms with Gasteiger partial charge in [0.2, 0.25) is 0 Å². The van der Waals surface area contributed by atoms with Gasteiger partial charge in [-0.1, -0.05) is 12.5 Å². The normalized spacial score (nSPS) is 17.1. The van der Waals surface area contributed by atoms with E-state index in [4.69, 9.17) is 0 Å². The predicted molar refractivity (Wildman–Crippen MR) is 79.9 cm³/mol. The van der Waals surface area contributed by atoms with Gasteiger partial charge in [-0.15, -0.1) is 5.56 Å². The molecule has 0 saturated carbocycles. The standard InChI is InChI=1S/C15H20N5.Y/c1-11-13-6-4-8-20-7-3-5-12(15(13)20)9-14(11)19-18-10-17-16-2;/h9H,1,3-8,10H2,2H3;/q-1;.